The molecule has 0 aliphatic rings. The van der Waals surface area contributed by atoms with E-state index in [-0.39, 0.29) is 0 Å². The molecule has 0 saturated carbocycles. The first kappa shape index (κ1) is 14.9. The van der Waals surface area contributed by atoms with Gasteiger partial charge in [0.15, 0.2) is 6.29 Å². The van der Waals surface area contributed by atoms with Crippen LogP contribution in [-0.4, -0.2) is 31.2 Å². The van der Waals surface area contributed by atoms with Crippen molar-refractivity contribution in [3.63, 3.8) is 0 Å². The van der Waals surface area contributed by atoms with E-state index < -0.39 is 6.29 Å². The molecule has 1 unspecified atom stereocenters. The molecule has 0 rings (SSSR count). The van der Waals surface area contributed by atoms with Crippen molar-refractivity contribution < 1.29 is 14.6 Å². The Kier molecular flexibility index (Phi) is 11.9. The van der Waals surface area contributed by atoms with Crippen molar-refractivity contribution in [3.05, 3.63) is 0 Å². The summed E-state index contributed by atoms with van der Waals surface area (Å²) in [5.41, 5.74) is 0. The predicted molar refractivity (Wildman–Crippen MR) is 61.8 cm³/mol. The van der Waals surface area contributed by atoms with E-state index in [1.165, 1.54) is 12.8 Å². The fourth-order valence-corrected chi connectivity index (χ4v) is 1.28. The molecule has 3 heteroatoms. The second-order valence-electron chi connectivity index (χ2n) is 3.79. The summed E-state index contributed by atoms with van der Waals surface area (Å²) in [6.07, 6.45) is 5.49. The van der Waals surface area contributed by atoms with Crippen molar-refractivity contribution in [1.82, 2.24) is 0 Å². The summed E-state index contributed by atoms with van der Waals surface area (Å²) < 4.78 is 10.5. The second kappa shape index (κ2) is 12.0. The maximum absolute atomic E-state index is 9.42. The second-order valence-corrected chi connectivity index (χ2v) is 3.79. The van der Waals surface area contributed by atoms with Crippen molar-refractivity contribution in [3.8, 4) is 0 Å². The molecule has 0 spiro atoms. The predicted octanol–water partition coefficient (Wildman–Crippen LogP) is 2.72. The number of unbranched alkanes of at least 4 members (excludes halogenated alkanes) is 2. The summed E-state index contributed by atoms with van der Waals surface area (Å²) in [6.45, 7) is 6.39. The zero-order valence-electron chi connectivity index (χ0n) is 10.2. The first-order chi connectivity index (χ1) is 7.31. The van der Waals surface area contributed by atoms with Crippen molar-refractivity contribution in [1.29, 1.82) is 0 Å². The molecule has 0 aliphatic carbocycles. The molecular weight excluding hydrogens is 192 g/mol. The average molecular weight is 218 g/mol. The van der Waals surface area contributed by atoms with Gasteiger partial charge >= 0.3 is 0 Å². The molecule has 0 bridgehead atoms. The topological polar surface area (TPSA) is 38.7 Å². The summed E-state index contributed by atoms with van der Waals surface area (Å²) in [4.78, 5) is 0. The van der Waals surface area contributed by atoms with E-state index in [0.717, 1.165) is 38.9 Å². The van der Waals surface area contributed by atoms with Crippen LogP contribution in [0, 0.1) is 0 Å². The van der Waals surface area contributed by atoms with Gasteiger partial charge in [-0.05, 0) is 25.7 Å². The largest absolute Gasteiger partial charge is 0.381 e. The van der Waals surface area contributed by atoms with Crippen LogP contribution >= 0.6 is 0 Å². The fourth-order valence-electron chi connectivity index (χ4n) is 1.28. The highest BCUT2D eigenvalue weighted by Gasteiger charge is 2.02. The number of rotatable bonds is 11. The maximum atomic E-state index is 9.42. The number of hydrogen-bond acceptors (Lipinski definition) is 3. The lowest BCUT2D eigenvalue weighted by Gasteiger charge is -2.11. The van der Waals surface area contributed by atoms with E-state index in [1.54, 1.807) is 0 Å². The smallest absolute Gasteiger partial charge is 0.154 e. The Hall–Kier alpha value is -0.120. The molecule has 0 aromatic heterocycles. The monoisotopic (exact) mass is 218 g/mol. The van der Waals surface area contributed by atoms with Gasteiger partial charge in [-0.25, -0.2) is 0 Å². The van der Waals surface area contributed by atoms with Crippen LogP contribution in [0.3, 0.4) is 0 Å². The maximum Gasteiger partial charge on any atom is 0.154 e. The van der Waals surface area contributed by atoms with Gasteiger partial charge in [-0.3, -0.25) is 0 Å². The van der Waals surface area contributed by atoms with Gasteiger partial charge in [0, 0.05) is 13.2 Å². The third kappa shape index (κ3) is 11.8. The summed E-state index contributed by atoms with van der Waals surface area (Å²) in [5.74, 6) is 0. The van der Waals surface area contributed by atoms with Crippen molar-refractivity contribution in [2.75, 3.05) is 19.8 Å². The Morgan fingerprint density at radius 1 is 0.933 bits per heavy atom. The molecule has 1 N–H and O–H groups in total. The van der Waals surface area contributed by atoms with Gasteiger partial charge in [0.05, 0.1) is 6.61 Å². The van der Waals surface area contributed by atoms with Crippen molar-refractivity contribution in [2.45, 2.75) is 58.7 Å². The first-order valence-electron chi connectivity index (χ1n) is 6.18. The molecule has 0 aromatic carbocycles. The summed E-state index contributed by atoms with van der Waals surface area (Å²) >= 11 is 0. The van der Waals surface area contributed by atoms with Crippen molar-refractivity contribution in [2.24, 2.45) is 0 Å². The zero-order valence-corrected chi connectivity index (χ0v) is 10.2. The van der Waals surface area contributed by atoms with Crippen LogP contribution < -0.4 is 0 Å². The minimum absolute atomic E-state index is 0.581. The Morgan fingerprint density at radius 3 is 2.40 bits per heavy atom. The van der Waals surface area contributed by atoms with Crippen LogP contribution in [-0.2, 0) is 9.47 Å². The van der Waals surface area contributed by atoms with E-state index >= 15 is 0 Å². The third-order valence-corrected chi connectivity index (χ3v) is 2.15. The van der Waals surface area contributed by atoms with E-state index in [0.29, 0.717) is 6.61 Å². The summed E-state index contributed by atoms with van der Waals surface area (Å²) in [7, 11) is 0. The third-order valence-electron chi connectivity index (χ3n) is 2.15. The molecule has 3 nitrogen and oxygen atoms in total. The van der Waals surface area contributed by atoms with Gasteiger partial charge in [0.2, 0.25) is 0 Å². The average Bonchev–Trinajstić information content (AvgIpc) is 2.23. The fraction of sp³-hybridized carbons (Fsp3) is 1.00. The molecule has 0 heterocycles. The zero-order chi connectivity index (χ0) is 11.4. The molecule has 0 saturated heterocycles. The molecule has 0 aliphatic heterocycles. The van der Waals surface area contributed by atoms with Crippen LogP contribution in [0.1, 0.15) is 52.4 Å². The SMILES string of the molecule is CCCCCC(O)OCCCOCCC. The van der Waals surface area contributed by atoms with Crippen LogP contribution in [0.4, 0.5) is 0 Å². The van der Waals surface area contributed by atoms with E-state index in [2.05, 4.69) is 13.8 Å². The molecule has 0 radical (unpaired) electrons. The van der Waals surface area contributed by atoms with Gasteiger partial charge in [-0.15, -0.1) is 0 Å². The first-order valence-corrected chi connectivity index (χ1v) is 6.18. The number of hydrogen-bond donors (Lipinski definition) is 1. The molecule has 0 fully saturated rings. The Labute approximate surface area is 93.8 Å². The van der Waals surface area contributed by atoms with Gasteiger partial charge < -0.3 is 14.6 Å². The number of ether oxygens (including phenoxy) is 2. The Balaban J connectivity index is 3.06. The van der Waals surface area contributed by atoms with E-state index in [9.17, 15) is 5.11 Å². The van der Waals surface area contributed by atoms with E-state index in [1.807, 2.05) is 0 Å². The lowest BCUT2D eigenvalue weighted by atomic mass is 10.2. The Morgan fingerprint density at radius 2 is 1.73 bits per heavy atom. The van der Waals surface area contributed by atoms with Gasteiger partial charge in [-0.2, -0.15) is 0 Å². The van der Waals surface area contributed by atoms with Crippen LogP contribution in [0.5, 0.6) is 0 Å². The summed E-state index contributed by atoms with van der Waals surface area (Å²) in [5, 5.41) is 9.42. The van der Waals surface area contributed by atoms with Gasteiger partial charge in [-0.1, -0.05) is 26.7 Å². The van der Waals surface area contributed by atoms with Gasteiger partial charge in [0.1, 0.15) is 0 Å². The van der Waals surface area contributed by atoms with E-state index in [4.69, 9.17) is 9.47 Å². The molecular formula is C12H26O3. The summed E-state index contributed by atoms with van der Waals surface area (Å²) in [6, 6.07) is 0. The normalized spacial score (nSPS) is 13.0. The number of aliphatic hydroxyl groups excluding tert-OH is 1. The Bertz CT molecular complexity index is 117. The number of aliphatic hydroxyl groups is 1. The molecule has 0 amide bonds. The lowest BCUT2D eigenvalue weighted by molar-refractivity contribution is -0.107. The highest BCUT2D eigenvalue weighted by Crippen LogP contribution is 2.04. The molecule has 92 valence electrons. The molecule has 1 atom stereocenters. The lowest BCUT2D eigenvalue weighted by Crippen LogP contribution is -2.13. The highest BCUT2D eigenvalue weighted by atomic mass is 16.6. The minimum atomic E-state index is -0.581. The highest BCUT2D eigenvalue weighted by molar-refractivity contribution is 4.45. The van der Waals surface area contributed by atoms with Crippen LogP contribution in [0.25, 0.3) is 0 Å². The van der Waals surface area contributed by atoms with Gasteiger partial charge in [0.25, 0.3) is 0 Å². The standard InChI is InChI=1S/C12H26O3/c1-3-5-6-8-12(13)15-11-7-10-14-9-4-2/h12-13H,3-11H2,1-2H3. The quantitative estimate of drug-likeness (QED) is 0.428. The minimum Gasteiger partial charge on any atom is -0.381 e. The molecule has 0 aromatic rings. The van der Waals surface area contributed by atoms with Crippen LogP contribution in [0.2, 0.25) is 0 Å². The van der Waals surface area contributed by atoms with Crippen molar-refractivity contribution >= 4 is 0 Å². The molecule has 15 heavy (non-hydrogen) atoms. The van der Waals surface area contributed by atoms with Crippen LogP contribution in [0.15, 0.2) is 0 Å².